The van der Waals surface area contributed by atoms with Crippen molar-refractivity contribution in [3.8, 4) is 0 Å². The van der Waals surface area contributed by atoms with Gasteiger partial charge in [0.25, 0.3) is 0 Å². The molecule has 4 N–H and O–H groups in total. The molecule has 0 aromatic rings. The fraction of sp³-hybridized carbons (Fsp3) is 0.600. The Bertz CT molecular complexity index is 269. The van der Waals surface area contributed by atoms with Crippen molar-refractivity contribution in [2.24, 2.45) is 5.73 Å². The zero-order valence-corrected chi connectivity index (χ0v) is 9.23. The number of hydrogen-bond acceptors (Lipinski definition) is 4. The number of nitrogens with one attached hydrogen (secondary N) is 2. The zero-order valence-electron chi connectivity index (χ0n) is 8.42. The molecule has 0 aromatic heterocycles. The Labute approximate surface area is 89.3 Å². The van der Waals surface area contributed by atoms with Crippen molar-refractivity contribution >= 4 is 11.9 Å². The van der Waals surface area contributed by atoms with Crippen LogP contribution in [0.5, 0.6) is 0 Å². The smallest absolute Gasteiger partial charge is 0.0548 e. The van der Waals surface area contributed by atoms with Crippen LogP contribution in [0.25, 0.3) is 0 Å². The van der Waals surface area contributed by atoms with Crippen molar-refractivity contribution in [2.75, 3.05) is 6.26 Å². The van der Waals surface area contributed by atoms with Crippen LogP contribution >= 0.6 is 11.9 Å². The number of rotatable bonds is 4. The van der Waals surface area contributed by atoms with E-state index >= 15 is 0 Å². The fourth-order valence-corrected chi connectivity index (χ4v) is 2.01. The van der Waals surface area contributed by atoms with Crippen LogP contribution in [-0.2, 0) is 0 Å². The molecule has 2 rings (SSSR count). The summed E-state index contributed by atoms with van der Waals surface area (Å²) < 4.78 is 3.33. The fourth-order valence-electron chi connectivity index (χ4n) is 1.54. The highest BCUT2D eigenvalue weighted by atomic mass is 32.2. The Morgan fingerprint density at radius 3 is 2.93 bits per heavy atom. The highest BCUT2D eigenvalue weighted by Crippen LogP contribution is 2.23. The maximum atomic E-state index is 5.91. The van der Waals surface area contributed by atoms with Crippen molar-refractivity contribution in [1.29, 1.82) is 0 Å². The minimum absolute atomic E-state index is 0.415. The lowest BCUT2D eigenvalue weighted by atomic mass is 10.1. The van der Waals surface area contributed by atoms with Gasteiger partial charge in [-0.15, -0.1) is 0 Å². The predicted octanol–water partition coefficient (Wildman–Crippen LogP) is 1.10. The van der Waals surface area contributed by atoms with E-state index in [1.165, 1.54) is 12.8 Å². The van der Waals surface area contributed by atoms with Crippen LogP contribution < -0.4 is 15.8 Å². The SMILES string of the molecule is CSNC1C=C(NC2CC2)C(N)=CC1. The third kappa shape index (κ3) is 2.45. The van der Waals surface area contributed by atoms with Crippen molar-refractivity contribution in [1.82, 2.24) is 10.0 Å². The van der Waals surface area contributed by atoms with E-state index in [2.05, 4.69) is 22.2 Å². The van der Waals surface area contributed by atoms with E-state index in [0.29, 0.717) is 12.1 Å². The van der Waals surface area contributed by atoms with Gasteiger partial charge in [-0.2, -0.15) is 0 Å². The van der Waals surface area contributed by atoms with Crippen molar-refractivity contribution < 1.29 is 0 Å². The molecule has 14 heavy (non-hydrogen) atoms. The second-order valence-corrected chi connectivity index (χ2v) is 4.47. The zero-order chi connectivity index (χ0) is 9.97. The summed E-state index contributed by atoms with van der Waals surface area (Å²) in [7, 11) is 0. The van der Waals surface area contributed by atoms with Gasteiger partial charge in [-0.1, -0.05) is 18.0 Å². The summed E-state index contributed by atoms with van der Waals surface area (Å²) >= 11 is 1.65. The quantitative estimate of drug-likeness (QED) is 0.610. The van der Waals surface area contributed by atoms with Crippen LogP contribution in [0.4, 0.5) is 0 Å². The third-order valence-electron chi connectivity index (χ3n) is 2.48. The van der Waals surface area contributed by atoms with E-state index in [9.17, 15) is 0 Å². The average Bonchev–Trinajstić information content (AvgIpc) is 2.95. The van der Waals surface area contributed by atoms with E-state index in [1.807, 2.05) is 6.26 Å². The van der Waals surface area contributed by atoms with Crippen molar-refractivity contribution in [3.63, 3.8) is 0 Å². The molecule has 4 heteroatoms. The van der Waals surface area contributed by atoms with Gasteiger partial charge in [0, 0.05) is 12.1 Å². The first-order chi connectivity index (χ1) is 6.79. The van der Waals surface area contributed by atoms with E-state index in [0.717, 1.165) is 17.8 Å². The molecule has 0 aliphatic heterocycles. The van der Waals surface area contributed by atoms with Gasteiger partial charge in [0.15, 0.2) is 0 Å². The normalized spacial score (nSPS) is 26.8. The summed E-state index contributed by atoms with van der Waals surface area (Å²) in [6.45, 7) is 0. The summed E-state index contributed by atoms with van der Waals surface area (Å²) in [6, 6.07) is 1.08. The van der Waals surface area contributed by atoms with E-state index in [-0.39, 0.29) is 0 Å². The Kier molecular flexibility index (Phi) is 3.03. The minimum atomic E-state index is 0.415. The lowest BCUT2D eigenvalue weighted by Gasteiger charge is -2.20. The van der Waals surface area contributed by atoms with E-state index < -0.39 is 0 Å². The summed E-state index contributed by atoms with van der Waals surface area (Å²) in [5.74, 6) is 0. The molecule has 1 atom stereocenters. The van der Waals surface area contributed by atoms with Gasteiger partial charge in [0.1, 0.15) is 0 Å². The van der Waals surface area contributed by atoms with Crippen LogP contribution in [-0.4, -0.2) is 18.3 Å². The lowest BCUT2D eigenvalue weighted by molar-refractivity contribution is 0.714. The molecule has 3 nitrogen and oxygen atoms in total. The Morgan fingerprint density at radius 2 is 2.29 bits per heavy atom. The standard InChI is InChI=1S/C10H17N3S/c1-14-13-8-4-5-9(11)10(6-8)12-7-2-3-7/h5-8,12-13H,2-4,11H2,1H3. The van der Waals surface area contributed by atoms with Gasteiger partial charge in [0.05, 0.1) is 11.4 Å². The summed E-state index contributed by atoms with van der Waals surface area (Å²) in [6.07, 6.45) is 9.89. The summed E-state index contributed by atoms with van der Waals surface area (Å²) in [5.41, 5.74) is 7.92. The van der Waals surface area contributed by atoms with Gasteiger partial charge < -0.3 is 11.1 Å². The van der Waals surface area contributed by atoms with Gasteiger partial charge in [-0.25, -0.2) is 0 Å². The van der Waals surface area contributed by atoms with Gasteiger partial charge >= 0.3 is 0 Å². The largest absolute Gasteiger partial charge is 0.397 e. The topological polar surface area (TPSA) is 50.1 Å². The second kappa shape index (κ2) is 4.28. The molecule has 0 saturated heterocycles. The lowest BCUT2D eigenvalue weighted by Crippen LogP contribution is -2.29. The molecule has 2 aliphatic carbocycles. The monoisotopic (exact) mass is 211 g/mol. The van der Waals surface area contributed by atoms with Crippen LogP contribution in [0, 0.1) is 0 Å². The van der Waals surface area contributed by atoms with Gasteiger partial charge in [-0.05, 0) is 31.6 Å². The third-order valence-corrected chi connectivity index (χ3v) is 3.02. The maximum absolute atomic E-state index is 5.91. The van der Waals surface area contributed by atoms with E-state index in [4.69, 9.17) is 5.73 Å². The van der Waals surface area contributed by atoms with Crippen LogP contribution in [0.15, 0.2) is 23.5 Å². The molecule has 0 radical (unpaired) electrons. The molecule has 0 aromatic carbocycles. The molecule has 0 heterocycles. The van der Waals surface area contributed by atoms with Gasteiger partial charge in [-0.3, -0.25) is 4.72 Å². The van der Waals surface area contributed by atoms with Crippen LogP contribution in [0.1, 0.15) is 19.3 Å². The number of hydrogen-bond donors (Lipinski definition) is 3. The van der Waals surface area contributed by atoms with E-state index in [1.54, 1.807) is 11.9 Å². The molecular weight excluding hydrogens is 194 g/mol. The predicted molar refractivity (Wildman–Crippen MR) is 61.6 cm³/mol. The first-order valence-corrected chi connectivity index (χ1v) is 6.25. The minimum Gasteiger partial charge on any atom is -0.397 e. The molecule has 78 valence electrons. The average molecular weight is 211 g/mol. The van der Waals surface area contributed by atoms with Crippen molar-refractivity contribution in [2.45, 2.75) is 31.3 Å². The maximum Gasteiger partial charge on any atom is 0.0548 e. The Morgan fingerprint density at radius 1 is 1.50 bits per heavy atom. The highest BCUT2D eigenvalue weighted by Gasteiger charge is 2.23. The molecule has 0 spiro atoms. The molecular formula is C10H17N3S. The van der Waals surface area contributed by atoms with Crippen LogP contribution in [0.2, 0.25) is 0 Å². The first kappa shape index (κ1) is 9.93. The van der Waals surface area contributed by atoms with Gasteiger partial charge in [0.2, 0.25) is 0 Å². The second-order valence-electron chi connectivity index (χ2n) is 3.82. The Balaban J connectivity index is 1.97. The summed E-state index contributed by atoms with van der Waals surface area (Å²) in [4.78, 5) is 0. The Hall–Kier alpha value is -0.610. The molecule has 2 aliphatic rings. The molecule has 1 saturated carbocycles. The van der Waals surface area contributed by atoms with Crippen molar-refractivity contribution in [3.05, 3.63) is 23.5 Å². The molecule has 0 amide bonds. The summed E-state index contributed by atoms with van der Waals surface area (Å²) in [5, 5.41) is 3.45. The molecule has 1 unspecified atom stereocenters. The molecule has 1 fully saturated rings. The first-order valence-electron chi connectivity index (χ1n) is 5.02. The molecule has 0 bridgehead atoms. The highest BCUT2D eigenvalue weighted by molar-refractivity contribution is 7.96. The van der Waals surface area contributed by atoms with Crippen LogP contribution in [0.3, 0.4) is 0 Å². The number of nitrogens with two attached hydrogens (primary N) is 1.